The Morgan fingerprint density at radius 2 is 1.82 bits per heavy atom. The van der Waals surface area contributed by atoms with Crippen LogP contribution in [-0.2, 0) is 0 Å². The molecule has 0 saturated heterocycles. The number of nitrogen functional groups attached to an aromatic ring is 1. The highest BCUT2D eigenvalue weighted by Crippen LogP contribution is 2.16. The van der Waals surface area contributed by atoms with E-state index in [1.54, 1.807) is 18.2 Å². The van der Waals surface area contributed by atoms with Gasteiger partial charge in [0.2, 0.25) is 0 Å². The van der Waals surface area contributed by atoms with Crippen LogP contribution in [0.25, 0.3) is 0 Å². The fourth-order valence-electron chi connectivity index (χ4n) is 0.660. The van der Waals surface area contributed by atoms with Crippen molar-refractivity contribution < 1.29 is 5.11 Å². The molecule has 3 N–H and O–H groups in total. The highest BCUT2D eigenvalue weighted by Gasteiger charge is 1.91. The van der Waals surface area contributed by atoms with Gasteiger partial charge in [-0.3, -0.25) is 0 Å². The molecule has 0 aliphatic heterocycles. The number of hydrogen-bond acceptors (Lipinski definition) is 2. The topological polar surface area (TPSA) is 46.2 Å². The summed E-state index contributed by atoms with van der Waals surface area (Å²) in [5.41, 5.74) is 7.11. The number of rotatable bonds is 0. The highest BCUT2D eigenvalue weighted by molar-refractivity contribution is 5.48. The fourth-order valence-corrected chi connectivity index (χ4v) is 0.660. The maximum Gasteiger partial charge on any atom is 0.115 e. The molecule has 1 rings (SSSR count). The van der Waals surface area contributed by atoms with Gasteiger partial charge in [-0.25, -0.2) is 0 Å². The number of benzene rings is 1. The molecule has 0 aliphatic rings. The average molecular weight is 153 g/mol. The minimum Gasteiger partial charge on any atom is -0.508 e. The van der Waals surface area contributed by atoms with Crippen molar-refractivity contribution in [2.75, 3.05) is 5.73 Å². The van der Waals surface area contributed by atoms with Crippen LogP contribution in [-0.4, -0.2) is 5.11 Å². The van der Waals surface area contributed by atoms with Crippen molar-refractivity contribution in [1.29, 1.82) is 0 Å². The number of nitrogens with two attached hydrogens (primary N) is 1. The molecule has 0 atom stereocenters. The van der Waals surface area contributed by atoms with Gasteiger partial charge in [-0.2, -0.15) is 0 Å². The summed E-state index contributed by atoms with van der Waals surface area (Å²) in [6.07, 6.45) is 0. The third kappa shape index (κ3) is 2.94. The lowest BCUT2D eigenvalue weighted by Crippen LogP contribution is -1.86. The molecule has 0 spiro atoms. The second kappa shape index (κ2) is 4.61. The normalized spacial score (nSPS) is 8.27. The Morgan fingerprint density at radius 1 is 1.27 bits per heavy atom. The van der Waals surface area contributed by atoms with Crippen molar-refractivity contribution in [3.8, 4) is 5.75 Å². The largest absolute Gasteiger partial charge is 0.508 e. The van der Waals surface area contributed by atoms with Gasteiger partial charge in [0.05, 0.1) is 0 Å². The number of aromatic hydroxyl groups is 1. The minimum atomic E-state index is 0.265. The maximum atomic E-state index is 8.88. The first kappa shape index (κ1) is 9.82. The second-order valence-electron chi connectivity index (χ2n) is 2.04. The maximum absolute atomic E-state index is 8.88. The fraction of sp³-hybridized carbons (Fsp3) is 0.333. The number of phenolic OH excluding ortho intramolecular Hbond substituents is 1. The molecule has 0 saturated carbocycles. The van der Waals surface area contributed by atoms with Crippen molar-refractivity contribution in [3.05, 3.63) is 23.8 Å². The Hall–Kier alpha value is -1.18. The van der Waals surface area contributed by atoms with Gasteiger partial charge in [0, 0.05) is 5.69 Å². The Kier molecular flexibility index (Phi) is 4.11. The molecule has 2 heteroatoms. The molecule has 62 valence electrons. The third-order valence-corrected chi connectivity index (χ3v) is 1.25. The Balaban J connectivity index is 0.000000461. The van der Waals surface area contributed by atoms with Crippen molar-refractivity contribution in [2.45, 2.75) is 20.8 Å². The SMILES string of the molecule is CC.Cc1cc(O)ccc1N. The van der Waals surface area contributed by atoms with Crippen molar-refractivity contribution >= 4 is 5.69 Å². The first-order valence-electron chi connectivity index (χ1n) is 3.75. The molecule has 0 aliphatic carbocycles. The molecule has 0 heterocycles. The van der Waals surface area contributed by atoms with E-state index in [9.17, 15) is 0 Å². The smallest absolute Gasteiger partial charge is 0.115 e. The predicted octanol–water partition coefficient (Wildman–Crippen LogP) is 2.31. The zero-order valence-electron chi connectivity index (χ0n) is 7.26. The van der Waals surface area contributed by atoms with Gasteiger partial charge in [0.15, 0.2) is 0 Å². The molecule has 1 aromatic rings. The summed E-state index contributed by atoms with van der Waals surface area (Å²) in [5.74, 6) is 0.265. The van der Waals surface area contributed by atoms with E-state index >= 15 is 0 Å². The van der Waals surface area contributed by atoms with Crippen LogP contribution in [0.3, 0.4) is 0 Å². The van der Waals surface area contributed by atoms with Gasteiger partial charge in [-0.15, -0.1) is 0 Å². The predicted molar refractivity (Wildman–Crippen MR) is 48.6 cm³/mol. The molecule has 11 heavy (non-hydrogen) atoms. The van der Waals surface area contributed by atoms with Crippen LogP contribution in [0.15, 0.2) is 18.2 Å². The first-order valence-corrected chi connectivity index (χ1v) is 3.75. The van der Waals surface area contributed by atoms with Crippen molar-refractivity contribution in [2.24, 2.45) is 0 Å². The zero-order chi connectivity index (χ0) is 8.85. The molecule has 0 radical (unpaired) electrons. The molecule has 0 bridgehead atoms. The highest BCUT2D eigenvalue weighted by atomic mass is 16.3. The Bertz CT molecular complexity index is 221. The van der Waals surface area contributed by atoms with E-state index in [-0.39, 0.29) is 5.75 Å². The van der Waals surface area contributed by atoms with Gasteiger partial charge >= 0.3 is 0 Å². The zero-order valence-corrected chi connectivity index (χ0v) is 7.26. The summed E-state index contributed by atoms with van der Waals surface area (Å²) >= 11 is 0. The van der Waals surface area contributed by atoms with Crippen LogP contribution in [0.1, 0.15) is 19.4 Å². The number of phenols is 1. The van der Waals surface area contributed by atoms with Crippen LogP contribution >= 0.6 is 0 Å². The van der Waals surface area contributed by atoms with Gasteiger partial charge in [-0.1, -0.05) is 13.8 Å². The Morgan fingerprint density at radius 3 is 2.18 bits per heavy atom. The first-order chi connectivity index (χ1) is 5.20. The van der Waals surface area contributed by atoms with E-state index in [1.165, 1.54) is 0 Å². The molecular weight excluding hydrogens is 138 g/mol. The van der Waals surface area contributed by atoms with E-state index in [0.29, 0.717) is 5.69 Å². The summed E-state index contributed by atoms with van der Waals surface area (Å²) < 4.78 is 0. The summed E-state index contributed by atoms with van der Waals surface area (Å²) in [6, 6.07) is 4.89. The van der Waals surface area contributed by atoms with Crippen molar-refractivity contribution in [1.82, 2.24) is 0 Å². The number of anilines is 1. The lowest BCUT2D eigenvalue weighted by atomic mass is 10.2. The molecule has 0 unspecified atom stereocenters. The molecule has 2 nitrogen and oxygen atoms in total. The van der Waals surface area contributed by atoms with Crippen LogP contribution in [0.5, 0.6) is 5.75 Å². The second-order valence-corrected chi connectivity index (χ2v) is 2.04. The molecule has 0 aromatic heterocycles. The van der Waals surface area contributed by atoms with E-state index in [2.05, 4.69) is 0 Å². The van der Waals surface area contributed by atoms with Crippen LogP contribution < -0.4 is 5.73 Å². The van der Waals surface area contributed by atoms with Crippen molar-refractivity contribution in [3.63, 3.8) is 0 Å². The number of hydrogen-bond donors (Lipinski definition) is 2. The minimum absolute atomic E-state index is 0.265. The Labute approximate surface area is 67.7 Å². The van der Waals surface area contributed by atoms with Gasteiger partial charge in [0.25, 0.3) is 0 Å². The lowest BCUT2D eigenvalue weighted by Gasteiger charge is -1.97. The van der Waals surface area contributed by atoms with Gasteiger partial charge in [-0.05, 0) is 30.7 Å². The summed E-state index contributed by atoms with van der Waals surface area (Å²) in [5, 5.41) is 8.88. The van der Waals surface area contributed by atoms with Crippen LogP contribution in [0, 0.1) is 6.92 Å². The lowest BCUT2D eigenvalue weighted by molar-refractivity contribution is 0.475. The van der Waals surface area contributed by atoms with E-state index in [4.69, 9.17) is 10.8 Å². The quantitative estimate of drug-likeness (QED) is 0.444. The average Bonchev–Trinajstić information content (AvgIpc) is 2.02. The van der Waals surface area contributed by atoms with Crippen LogP contribution in [0.2, 0.25) is 0 Å². The van der Waals surface area contributed by atoms with E-state index in [0.717, 1.165) is 5.56 Å². The molecule has 0 fully saturated rings. The summed E-state index contributed by atoms with van der Waals surface area (Å²) in [7, 11) is 0. The summed E-state index contributed by atoms with van der Waals surface area (Å²) in [6.45, 7) is 5.86. The van der Waals surface area contributed by atoms with Gasteiger partial charge < -0.3 is 10.8 Å². The summed E-state index contributed by atoms with van der Waals surface area (Å²) in [4.78, 5) is 0. The van der Waals surface area contributed by atoms with Gasteiger partial charge in [0.1, 0.15) is 5.75 Å². The molecule has 1 aromatic carbocycles. The van der Waals surface area contributed by atoms with Crippen LogP contribution in [0.4, 0.5) is 5.69 Å². The third-order valence-electron chi connectivity index (χ3n) is 1.25. The monoisotopic (exact) mass is 153 g/mol. The molecule has 0 amide bonds. The van der Waals surface area contributed by atoms with E-state index < -0.39 is 0 Å². The number of aryl methyl sites for hydroxylation is 1. The standard InChI is InChI=1S/C7H9NO.C2H6/c1-5-4-6(9)2-3-7(5)8;1-2/h2-4,9H,8H2,1H3;1-2H3. The van der Waals surface area contributed by atoms with E-state index in [1.807, 2.05) is 20.8 Å². The molecular formula is C9H15NO.